The van der Waals surface area contributed by atoms with E-state index in [4.69, 9.17) is 0 Å². The van der Waals surface area contributed by atoms with Crippen molar-refractivity contribution in [3.05, 3.63) is 66.2 Å². The number of hydrogen-bond donors (Lipinski definition) is 0. The number of nitrogens with zero attached hydrogens (tertiary/aromatic N) is 1. The fourth-order valence-electron chi connectivity index (χ4n) is 1.52. The Balaban J connectivity index is 2.51. The van der Waals surface area contributed by atoms with Crippen molar-refractivity contribution in [2.75, 3.05) is 0 Å². The highest BCUT2D eigenvalue weighted by atomic mass is 79.9. The fourth-order valence-corrected chi connectivity index (χ4v) is 3.47. The highest BCUT2D eigenvalue weighted by Gasteiger charge is 2.41. The van der Waals surface area contributed by atoms with Gasteiger partial charge in [0.15, 0.2) is 9.73 Å². The van der Waals surface area contributed by atoms with Gasteiger partial charge in [-0.3, -0.25) is 0 Å². The highest BCUT2D eigenvalue weighted by molar-refractivity contribution is 9.11. The third-order valence-corrected chi connectivity index (χ3v) is 5.73. The van der Waals surface area contributed by atoms with Gasteiger partial charge in [0.25, 0.3) is 0 Å². The lowest BCUT2D eigenvalue weighted by atomic mass is 10.2. The molecule has 108 valence electrons. The van der Waals surface area contributed by atoms with Gasteiger partial charge in [-0.05, 0) is 30.2 Å². The first kappa shape index (κ1) is 15.7. The van der Waals surface area contributed by atoms with Crippen molar-refractivity contribution < 1.29 is 13.0 Å². The third kappa shape index (κ3) is 3.69. The second-order valence-corrected chi connectivity index (χ2v) is 7.72. The molecule has 0 aromatic heterocycles. The van der Waals surface area contributed by atoms with Crippen LogP contribution in [0.2, 0.25) is 0 Å². The lowest BCUT2D eigenvalue weighted by Crippen LogP contribution is -2.21. The minimum atomic E-state index is -4.02. The summed E-state index contributed by atoms with van der Waals surface area (Å²) in [4.78, 5) is -0.0748. The maximum absolute atomic E-state index is 13.7. The molecule has 2 rings (SSSR count). The second-order valence-electron chi connectivity index (χ2n) is 3.98. The van der Waals surface area contributed by atoms with Crippen molar-refractivity contribution in [3.63, 3.8) is 0 Å². The van der Waals surface area contributed by atoms with Crippen LogP contribution in [0.25, 0.3) is 0 Å². The molecule has 0 saturated heterocycles. The van der Waals surface area contributed by atoms with Gasteiger partial charge < -0.3 is 0 Å². The number of alkyl halides is 3. The second kappa shape index (κ2) is 6.37. The molecule has 21 heavy (non-hydrogen) atoms. The van der Waals surface area contributed by atoms with Crippen molar-refractivity contribution in [2.45, 2.75) is 9.06 Å². The van der Waals surface area contributed by atoms with Gasteiger partial charge in [-0.2, -0.15) is 8.78 Å². The van der Waals surface area contributed by atoms with E-state index in [1.54, 1.807) is 30.3 Å². The van der Waals surface area contributed by atoms with E-state index < -0.39 is 13.9 Å². The van der Waals surface area contributed by atoms with Crippen molar-refractivity contribution in [1.82, 2.24) is 0 Å². The molecule has 0 spiro atoms. The Morgan fingerprint density at radius 2 is 1.52 bits per heavy atom. The molecule has 2 aromatic carbocycles. The Morgan fingerprint density at radius 3 is 2.05 bits per heavy atom. The smallest absolute Gasteiger partial charge is 0.237 e. The minimum Gasteiger partial charge on any atom is -0.237 e. The van der Waals surface area contributed by atoms with Crippen LogP contribution < -0.4 is 0 Å². The van der Waals surface area contributed by atoms with Crippen molar-refractivity contribution in [2.24, 2.45) is 4.36 Å². The van der Waals surface area contributed by atoms with E-state index in [1.807, 2.05) is 6.07 Å². The maximum Gasteiger partial charge on any atom is 0.388 e. The van der Waals surface area contributed by atoms with Crippen molar-refractivity contribution in [1.29, 1.82) is 0 Å². The van der Waals surface area contributed by atoms with Crippen LogP contribution in [0.3, 0.4) is 0 Å². The van der Waals surface area contributed by atoms with Crippen LogP contribution in [0.4, 0.5) is 8.78 Å². The molecule has 0 saturated carbocycles. The SMILES string of the molecule is O=S(=NC#Cc1ccccc1)(c1ccccc1)C(F)(F)Br. The lowest BCUT2D eigenvalue weighted by Gasteiger charge is -2.13. The quantitative estimate of drug-likeness (QED) is 0.567. The molecule has 2 nitrogen and oxygen atoms in total. The van der Waals surface area contributed by atoms with Gasteiger partial charge in [-0.1, -0.05) is 36.4 Å². The molecular formula is C15H10BrF2NOS. The number of halogens is 3. The van der Waals surface area contributed by atoms with E-state index in [-0.39, 0.29) is 4.90 Å². The predicted octanol–water partition coefficient (Wildman–Crippen LogP) is 4.47. The molecule has 0 aliphatic heterocycles. The lowest BCUT2D eigenvalue weighted by molar-refractivity contribution is 0.210. The van der Waals surface area contributed by atoms with Gasteiger partial charge in [0, 0.05) is 21.5 Å². The van der Waals surface area contributed by atoms with Gasteiger partial charge in [-0.25, -0.2) is 4.21 Å². The normalized spacial score (nSPS) is 13.7. The summed E-state index contributed by atoms with van der Waals surface area (Å²) in [5.41, 5.74) is 0.606. The van der Waals surface area contributed by atoms with Crippen LogP contribution in [0.1, 0.15) is 5.56 Å². The zero-order chi connectivity index (χ0) is 15.3. The topological polar surface area (TPSA) is 29.4 Å². The highest BCUT2D eigenvalue weighted by Crippen LogP contribution is 2.36. The molecule has 0 amide bonds. The average Bonchev–Trinajstić information content (AvgIpc) is 2.48. The van der Waals surface area contributed by atoms with Crippen molar-refractivity contribution in [3.8, 4) is 12.0 Å². The third-order valence-electron chi connectivity index (χ3n) is 2.52. The Morgan fingerprint density at radius 1 is 1.00 bits per heavy atom. The predicted molar refractivity (Wildman–Crippen MR) is 82.5 cm³/mol. The Hall–Kier alpha value is -1.71. The molecule has 0 aliphatic carbocycles. The van der Waals surface area contributed by atoms with Gasteiger partial charge >= 0.3 is 4.16 Å². The van der Waals surface area contributed by atoms with Gasteiger partial charge in [-0.15, -0.1) is 4.36 Å². The summed E-state index contributed by atoms with van der Waals surface area (Å²) >= 11 is 2.15. The zero-order valence-corrected chi connectivity index (χ0v) is 13.1. The van der Waals surface area contributed by atoms with E-state index in [0.717, 1.165) is 0 Å². The van der Waals surface area contributed by atoms with Crippen LogP contribution in [-0.4, -0.2) is 8.37 Å². The molecule has 6 heteroatoms. The summed E-state index contributed by atoms with van der Waals surface area (Å²) in [6.07, 6.45) is 0. The van der Waals surface area contributed by atoms with Crippen LogP contribution >= 0.6 is 15.9 Å². The zero-order valence-electron chi connectivity index (χ0n) is 10.7. The Bertz CT molecular complexity index is 783. The molecule has 1 unspecified atom stereocenters. The van der Waals surface area contributed by atoms with Gasteiger partial charge in [0.2, 0.25) is 0 Å². The summed E-state index contributed by atoms with van der Waals surface area (Å²) in [7, 11) is -4.02. The van der Waals surface area contributed by atoms with E-state index in [2.05, 4.69) is 32.3 Å². The Labute approximate surface area is 130 Å². The molecule has 0 N–H and O–H groups in total. The average molecular weight is 370 g/mol. The molecule has 0 fully saturated rings. The molecule has 0 aliphatic rings. The van der Waals surface area contributed by atoms with Gasteiger partial charge in [0.05, 0.1) is 10.9 Å². The van der Waals surface area contributed by atoms with E-state index >= 15 is 0 Å². The summed E-state index contributed by atoms with van der Waals surface area (Å²) in [5, 5.41) is 0. The summed E-state index contributed by atoms with van der Waals surface area (Å²) < 4.78 is 39.6. The Kier molecular flexibility index (Phi) is 4.76. The molecule has 1 atom stereocenters. The van der Waals surface area contributed by atoms with E-state index in [9.17, 15) is 13.0 Å². The summed E-state index contributed by atoms with van der Waals surface area (Å²) in [5.74, 6) is 2.59. The largest absolute Gasteiger partial charge is 0.388 e. The standard InChI is InChI=1S/C15H10BrF2NOS/c16-15(17,18)21(20,14-9-5-2-6-10-14)19-12-11-13-7-3-1-4-8-13/h1-10H. The van der Waals surface area contributed by atoms with E-state index in [1.165, 1.54) is 24.3 Å². The summed E-state index contributed by atoms with van der Waals surface area (Å²) in [6, 6.07) is 18.3. The maximum atomic E-state index is 13.7. The van der Waals surface area contributed by atoms with Gasteiger partial charge in [0.1, 0.15) is 0 Å². The number of benzene rings is 2. The fraction of sp³-hybridized carbons (Fsp3) is 0.0667. The molecule has 0 bridgehead atoms. The van der Waals surface area contributed by atoms with Crippen molar-refractivity contribution >= 4 is 25.7 Å². The number of rotatable bonds is 2. The first-order valence-corrected chi connectivity index (χ1v) is 8.18. The van der Waals surface area contributed by atoms with Crippen LogP contribution in [0, 0.1) is 12.0 Å². The molecular weight excluding hydrogens is 360 g/mol. The number of hydrogen-bond acceptors (Lipinski definition) is 2. The van der Waals surface area contributed by atoms with Crippen LogP contribution in [-0.2, 0) is 9.73 Å². The van der Waals surface area contributed by atoms with Crippen LogP contribution in [0.5, 0.6) is 0 Å². The molecule has 0 heterocycles. The molecule has 2 aromatic rings. The monoisotopic (exact) mass is 369 g/mol. The van der Waals surface area contributed by atoms with Crippen LogP contribution in [0.15, 0.2) is 69.9 Å². The molecule has 0 radical (unpaired) electrons. The first-order valence-electron chi connectivity index (χ1n) is 5.87. The summed E-state index contributed by atoms with van der Waals surface area (Å²) in [6.45, 7) is 0. The minimum absolute atomic E-state index is 0.0748. The van der Waals surface area contributed by atoms with E-state index in [0.29, 0.717) is 5.56 Å². The first-order chi connectivity index (χ1) is 9.93.